The van der Waals surface area contributed by atoms with E-state index in [1.54, 1.807) is 0 Å². The van der Waals surface area contributed by atoms with E-state index in [0.717, 1.165) is 0 Å². The monoisotopic (exact) mass is 286 g/mol. The van der Waals surface area contributed by atoms with Gasteiger partial charge in [0.05, 0.1) is 12.2 Å². The number of hydrogen-bond donors (Lipinski definition) is 0. The molecule has 0 aliphatic carbocycles. The molecule has 0 bridgehead atoms. The van der Waals surface area contributed by atoms with E-state index in [1.807, 2.05) is 0 Å². The van der Waals surface area contributed by atoms with Crippen LogP contribution in [-0.4, -0.2) is 20.8 Å². The Kier molecular flexibility index (Phi) is 5.68. The Morgan fingerprint density at radius 3 is 1.21 bits per heavy atom. The predicted octanol–water partition coefficient (Wildman–Crippen LogP) is 4.98. The van der Waals surface area contributed by atoms with E-state index in [1.165, 1.54) is 0 Å². The first kappa shape index (κ1) is 17.2. The van der Waals surface area contributed by atoms with E-state index in [0.29, 0.717) is 41.0 Å². The van der Waals surface area contributed by atoms with Gasteiger partial charge in [0, 0.05) is 5.92 Å². The minimum absolute atomic E-state index is 0.345. The fourth-order valence-electron chi connectivity index (χ4n) is 3.55. The van der Waals surface area contributed by atoms with Crippen LogP contribution in [0.2, 0.25) is 11.1 Å². The second kappa shape index (κ2) is 6.27. The van der Waals surface area contributed by atoms with Crippen LogP contribution in [0.1, 0.15) is 62.3 Å². The minimum atomic E-state index is -2.13. The van der Waals surface area contributed by atoms with Gasteiger partial charge in [-0.2, -0.15) is 0 Å². The normalized spacial score (nSPS) is 31.7. The van der Waals surface area contributed by atoms with Crippen molar-refractivity contribution in [2.75, 3.05) is 0 Å². The molecule has 0 aromatic carbocycles. The van der Waals surface area contributed by atoms with Crippen molar-refractivity contribution in [3.63, 3.8) is 0 Å². The van der Waals surface area contributed by atoms with Crippen molar-refractivity contribution in [2.45, 2.75) is 85.6 Å². The second-order valence-corrected chi connectivity index (χ2v) is 11.8. The molecule has 1 saturated heterocycles. The Morgan fingerprint density at radius 1 is 0.684 bits per heavy atom. The first-order valence-corrected chi connectivity index (χ1v) is 9.96. The van der Waals surface area contributed by atoms with Crippen LogP contribution >= 0.6 is 0 Å². The van der Waals surface area contributed by atoms with Crippen molar-refractivity contribution < 1.29 is 8.85 Å². The van der Waals surface area contributed by atoms with Crippen LogP contribution < -0.4 is 0 Å². The van der Waals surface area contributed by atoms with E-state index >= 15 is 0 Å². The second-order valence-electron chi connectivity index (χ2n) is 7.54. The van der Waals surface area contributed by atoms with E-state index in [-0.39, 0.29) is 0 Å². The molecule has 0 N–H and O–H groups in total. The van der Waals surface area contributed by atoms with Crippen LogP contribution in [-0.2, 0) is 8.85 Å². The van der Waals surface area contributed by atoms with Crippen molar-refractivity contribution >= 4 is 8.56 Å². The topological polar surface area (TPSA) is 18.5 Å². The maximum atomic E-state index is 6.67. The lowest BCUT2D eigenvalue weighted by Crippen LogP contribution is -2.62. The van der Waals surface area contributed by atoms with Gasteiger partial charge in [0.2, 0.25) is 0 Å². The quantitative estimate of drug-likeness (QED) is 0.679. The summed E-state index contributed by atoms with van der Waals surface area (Å²) in [6, 6.07) is 0. The number of rotatable bonds is 4. The lowest BCUT2D eigenvalue weighted by molar-refractivity contribution is -0.0879. The lowest BCUT2D eigenvalue weighted by Gasteiger charge is -2.52. The van der Waals surface area contributed by atoms with Gasteiger partial charge in [-0.05, 0) is 22.9 Å². The average molecular weight is 287 g/mol. The highest BCUT2D eigenvalue weighted by molar-refractivity contribution is 6.70. The van der Waals surface area contributed by atoms with E-state index < -0.39 is 8.56 Å². The molecule has 114 valence electrons. The molecular weight excluding hydrogens is 252 g/mol. The summed E-state index contributed by atoms with van der Waals surface area (Å²) < 4.78 is 13.3. The molecule has 1 aliphatic rings. The molecule has 1 aliphatic heterocycles. The zero-order chi connectivity index (χ0) is 15.0. The van der Waals surface area contributed by atoms with Crippen molar-refractivity contribution in [2.24, 2.45) is 17.8 Å². The average Bonchev–Trinajstić information content (AvgIpc) is 2.27. The molecule has 2 unspecified atom stereocenters. The summed E-state index contributed by atoms with van der Waals surface area (Å²) in [5.74, 6) is 1.60. The van der Waals surface area contributed by atoms with Crippen molar-refractivity contribution in [3.05, 3.63) is 0 Å². The van der Waals surface area contributed by atoms with Gasteiger partial charge in [0.25, 0.3) is 0 Å². The molecule has 3 atom stereocenters. The molecule has 0 amide bonds. The van der Waals surface area contributed by atoms with Crippen LogP contribution in [0.4, 0.5) is 0 Å². The van der Waals surface area contributed by atoms with Gasteiger partial charge in [0.15, 0.2) is 0 Å². The molecule has 0 saturated carbocycles. The zero-order valence-electron chi connectivity index (χ0n) is 14.4. The molecule has 0 radical (unpaired) electrons. The molecule has 1 rings (SSSR count). The summed E-state index contributed by atoms with van der Waals surface area (Å²) >= 11 is 0. The summed E-state index contributed by atoms with van der Waals surface area (Å²) in [6.45, 7) is 20.5. The van der Waals surface area contributed by atoms with Crippen LogP contribution in [0.3, 0.4) is 0 Å². The first-order valence-electron chi connectivity index (χ1n) is 7.99. The molecule has 1 heterocycles. The van der Waals surface area contributed by atoms with Gasteiger partial charge >= 0.3 is 8.56 Å². The Bertz CT molecular complexity index is 258. The van der Waals surface area contributed by atoms with Gasteiger partial charge in [-0.25, -0.2) is 0 Å². The summed E-state index contributed by atoms with van der Waals surface area (Å²) in [7, 11) is -2.13. The molecule has 0 aromatic heterocycles. The van der Waals surface area contributed by atoms with Crippen LogP contribution in [0, 0.1) is 17.8 Å². The first-order chi connectivity index (χ1) is 8.63. The van der Waals surface area contributed by atoms with E-state index in [4.69, 9.17) is 8.85 Å². The molecule has 2 nitrogen and oxygen atoms in total. The lowest BCUT2D eigenvalue weighted by atomic mass is 9.85. The molecule has 3 heteroatoms. The molecular formula is C16H34O2Si. The van der Waals surface area contributed by atoms with Crippen molar-refractivity contribution in [3.8, 4) is 0 Å². The van der Waals surface area contributed by atoms with Crippen LogP contribution in [0.25, 0.3) is 0 Å². The highest BCUT2D eigenvalue weighted by Gasteiger charge is 2.54. The van der Waals surface area contributed by atoms with E-state index in [9.17, 15) is 0 Å². The van der Waals surface area contributed by atoms with Crippen LogP contribution in [0.5, 0.6) is 0 Å². The van der Waals surface area contributed by atoms with Gasteiger partial charge < -0.3 is 8.85 Å². The standard InChI is InChI=1S/C16H34O2Si/c1-10(2)15-14(9)16(11(3)4)18-19(17-15,12(5)6)13(7)8/h10-16H,1-9H3/t14?,15-,16?/m1/s1. The summed E-state index contributed by atoms with van der Waals surface area (Å²) in [5.41, 5.74) is 1.00. The summed E-state index contributed by atoms with van der Waals surface area (Å²) in [4.78, 5) is 0. The smallest absolute Gasteiger partial charge is 0.343 e. The molecule has 1 fully saturated rings. The minimum Gasteiger partial charge on any atom is -0.390 e. The third-order valence-electron chi connectivity index (χ3n) is 4.60. The molecule has 0 aromatic rings. The Hall–Kier alpha value is 0.137. The third-order valence-corrected chi connectivity index (χ3v) is 9.10. The number of hydrogen-bond acceptors (Lipinski definition) is 2. The van der Waals surface area contributed by atoms with E-state index in [2.05, 4.69) is 62.3 Å². The van der Waals surface area contributed by atoms with Crippen molar-refractivity contribution in [1.29, 1.82) is 0 Å². The Labute approximate surface area is 121 Å². The van der Waals surface area contributed by atoms with Gasteiger partial charge in [-0.1, -0.05) is 62.3 Å². The summed E-state index contributed by atoms with van der Waals surface area (Å²) in [6.07, 6.45) is 0.690. The molecule has 0 spiro atoms. The highest BCUT2D eigenvalue weighted by atomic mass is 28.4. The SMILES string of the molecule is CC(C)C1O[Si](C(C)C)(C(C)C)O[C@H](C(C)C)C1C. The van der Waals surface area contributed by atoms with Crippen LogP contribution in [0.15, 0.2) is 0 Å². The summed E-state index contributed by atoms with van der Waals surface area (Å²) in [5, 5.41) is 0. The Morgan fingerprint density at radius 2 is 1.00 bits per heavy atom. The fraction of sp³-hybridized carbons (Fsp3) is 1.00. The predicted molar refractivity (Wildman–Crippen MR) is 84.5 cm³/mol. The fourth-order valence-corrected chi connectivity index (χ4v) is 7.85. The maximum absolute atomic E-state index is 6.67. The Balaban J connectivity index is 3.14. The maximum Gasteiger partial charge on any atom is 0.343 e. The zero-order valence-corrected chi connectivity index (χ0v) is 15.4. The van der Waals surface area contributed by atoms with Gasteiger partial charge in [-0.3, -0.25) is 0 Å². The third kappa shape index (κ3) is 3.25. The highest BCUT2D eigenvalue weighted by Crippen LogP contribution is 2.45. The van der Waals surface area contributed by atoms with Gasteiger partial charge in [0.1, 0.15) is 0 Å². The van der Waals surface area contributed by atoms with Gasteiger partial charge in [-0.15, -0.1) is 0 Å². The largest absolute Gasteiger partial charge is 0.390 e. The molecule has 19 heavy (non-hydrogen) atoms. The van der Waals surface area contributed by atoms with Crippen molar-refractivity contribution in [1.82, 2.24) is 0 Å².